The van der Waals surface area contributed by atoms with Gasteiger partial charge in [0.2, 0.25) is 5.91 Å². The number of hydrogen-bond donors (Lipinski definition) is 1. The van der Waals surface area contributed by atoms with Gasteiger partial charge in [-0.15, -0.1) is 6.58 Å². The molecule has 1 heterocycles. The van der Waals surface area contributed by atoms with E-state index in [1.54, 1.807) is 6.08 Å². The van der Waals surface area contributed by atoms with E-state index in [-0.39, 0.29) is 24.1 Å². The molecule has 1 aliphatic rings. The monoisotopic (exact) mass is 333 g/mol. The van der Waals surface area contributed by atoms with Crippen LogP contribution in [0.5, 0.6) is 0 Å². The third-order valence-electron chi connectivity index (χ3n) is 2.86. The minimum absolute atomic E-state index is 0.0506. The Balaban J connectivity index is 2.21. The van der Waals surface area contributed by atoms with Crippen molar-refractivity contribution < 1.29 is 13.6 Å². The van der Waals surface area contributed by atoms with Gasteiger partial charge in [-0.05, 0) is 28.8 Å². The van der Waals surface area contributed by atoms with Gasteiger partial charge in [0.1, 0.15) is 12.2 Å². The van der Waals surface area contributed by atoms with Crippen molar-refractivity contribution in [3.05, 3.63) is 28.5 Å². The van der Waals surface area contributed by atoms with E-state index in [0.717, 1.165) is 12.8 Å². The van der Waals surface area contributed by atoms with Crippen molar-refractivity contribution in [2.45, 2.75) is 31.7 Å². The van der Waals surface area contributed by atoms with Gasteiger partial charge in [0.05, 0.1) is 10.2 Å². The summed E-state index contributed by atoms with van der Waals surface area (Å²) in [4.78, 5) is 11.6. The van der Waals surface area contributed by atoms with Gasteiger partial charge in [0.25, 0.3) is 6.43 Å². The Bertz CT molecular complexity index is 497. The predicted molar refractivity (Wildman–Crippen MR) is 70.1 cm³/mol. The summed E-state index contributed by atoms with van der Waals surface area (Å²) in [5.41, 5.74) is 0.405. The van der Waals surface area contributed by atoms with Crippen molar-refractivity contribution in [3.63, 3.8) is 0 Å². The third kappa shape index (κ3) is 3.20. The van der Waals surface area contributed by atoms with Crippen LogP contribution < -0.4 is 5.32 Å². The molecule has 0 saturated heterocycles. The zero-order valence-corrected chi connectivity index (χ0v) is 11.8. The maximum absolute atomic E-state index is 12.8. The number of carbonyl (C=O) groups is 1. The lowest BCUT2D eigenvalue weighted by Gasteiger charge is -2.06. The van der Waals surface area contributed by atoms with Crippen LogP contribution in [0, 0.1) is 0 Å². The Kier molecular flexibility index (Phi) is 4.34. The number of halogens is 3. The minimum atomic E-state index is -2.65. The Hall–Kier alpha value is -1.24. The highest BCUT2D eigenvalue weighted by Crippen LogP contribution is 2.45. The van der Waals surface area contributed by atoms with E-state index >= 15 is 0 Å². The van der Waals surface area contributed by atoms with E-state index in [4.69, 9.17) is 0 Å². The van der Waals surface area contributed by atoms with Gasteiger partial charge in [0.15, 0.2) is 0 Å². The summed E-state index contributed by atoms with van der Waals surface area (Å²) in [6.07, 6.45) is 0.801. The second-order valence-corrected chi connectivity index (χ2v) is 5.20. The summed E-state index contributed by atoms with van der Waals surface area (Å²) in [5.74, 6) is -0.0424. The predicted octanol–water partition coefficient (Wildman–Crippen LogP) is 2.76. The normalized spacial score (nSPS) is 14.7. The molecule has 7 heteroatoms. The van der Waals surface area contributed by atoms with Crippen molar-refractivity contribution in [2.24, 2.45) is 0 Å². The van der Waals surface area contributed by atoms with Crippen molar-refractivity contribution in [1.82, 2.24) is 15.1 Å². The molecule has 1 saturated carbocycles. The number of nitrogens with zero attached hydrogens (tertiary/aromatic N) is 2. The molecule has 19 heavy (non-hydrogen) atoms. The van der Waals surface area contributed by atoms with Gasteiger partial charge < -0.3 is 5.32 Å². The average molecular weight is 334 g/mol. The smallest absolute Gasteiger partial charge is 0.283 e. The lowest BCUT2D eigenvalue weighted by molar-refractivity contribution is -0.121. The maximum Gasteiger partial charge on any atom is 0.283 e. The zero-order valence-electron chi connectivity index (χ0n) is 10.2. The SMILES string of the molecule is C=CCNC(=O)Cn1nc(C(F)F)c(Br)c1C1CC1. The van der Waals surface area contributed by atoms with Crippen molar-refractivity contribution in [1.29, 1.82) is 0 Å². The highest BCUT2D eigenvalue weighted by atomic mass is 79.9. The molecule has 2 rings (SSSR count). The van der Waals surface area contributed by atoms with Crippen LogP contribution in [-0.4, -0.2) is 22.2 Å². The first-order valence-electron chi connectivity index (χ1n) is 5.96. The Morgan fingerprint density at radius 2 is 2.32 bits per heavy atom. The first-order chi connectivity index (χ1) is 9.04. The van der Waals surface area contributed by atoms with Gasteiger partial charge in [-0.1, -0.05) is 6.08 Å². The summed E-state index contributed by atoms with van der Waals surface area (Å²) >= 11 is 3.17. The number of nitrogens with one attached hydrogen (secondary N) is 1. The Morgan fingerprint density at radius 3 is 2.84 bits per heavy atom. The maximum atomic E-state index is 12.8. The molecular formula is C12H14BrF2N3O. The molecule has 1 N–H and O–H groups in total. The van der Waals surface area contributed by atoms with E-state index in [2.05, 4.69) is 32.9 Å². The largest absolute Gasteiger partial charge is 0.351 e. The zero-order chi connectivity index (χ0) is 14.0. The number of aromatic nitrogens is 2. The first kappa shape index (κ1) is 14.2. The molecule has 0 aliphatic heterocycles. The lowest BCUT2D eigenvalue weighted by atomic mass is 10.2. The third-order valence-corrected chi connectivity index (χ3v) is 3.68. The van der Waals surface area contributed by atoms with E-state index in [1.807, 2.05) is 0 Å². The van der Waals surface area contributed by atoms with Gasteiger partial charge in [-0.25, -0.2) is 8.78 Å². The molecule has 1 fully saturated rings. The molecule has 1 aliphatic carbocycles. The number of carbonyl (C=O) groups excluding carboxylic acids is 1. The summed E-state index contributed by atoms with van der Waals surface area (Å²) in [6.45, 7) is 3.79. The van der Waals surface area contributed by atoms with Crippen LogP contribution in [0.4, 0.5) is 8.78 Å². The number of rotatable bonds is 6. The quantitative estimate of drug-likeness (QED) is 0.813. The molecule has 0 bridgehead atoms. The molecule has 0 radical (unpaired) electrons. The molecule has 104 valence electrons. The summed E-state index contributed by atoms with van der Waals surface area (Å²) in [6, 6.07) is 0. The topological polar surface area (TPSA) is 46.9 Å². The fourth-order valence-electron chi connectivity index (χ4n) is 1.86. The molecule has 0 unspecified atom stereocenters. The molecular weight excluding hydrogens is 320 g/mol. The highest BCUT2D eigenvalue weighted by molar-refractivity contribution is 9.10. The van der Waals surface area contributed by atoms with Crippen LogP contribution in [0.15, 0.2) is 17.1 Å². The van der Waals surface area contributed by atoms with Gasteiger partial charge >= 0.3 is 0 Å². The van der Waals surface area contributed by atoms with E-state index in [0.29, 0.717) is 16.7 Å². The summed E-state index contributed by atoms with van der Waals surface area (Å²) in [7, 11) is 0. The van der Waals surface area contributed by atoms with Crippen molar-refractivity contribution >= 4 is 21.8 Å². The molecule has 0 aromatic carbocycles. The Labute approximate surface area is 118 Å². The number of hydrogen-bond acceptors (Lipinski definition) is 2. The summed E-state index contributed by atoms with van der Waals surface area (Å²) in [5, 5.41) is 6.46. The van der Waals surface area contributed by atoms with Crippen LogP contribution in [0.25, 0.3) is 0 Å². The number of alkyl halides is 2. The molecule has 1 amide bonds. The molecule has 1 aromatic rings. The fraction of sp³-hybridized carbons (Fsp3) is 0.500. The minimum Gasteiger partial charge on any atom is -0.351 e. The summed E-state index contributed by atoms with van der Waals surface area (Å²) < 4.78 is 27.4. The van der Waals surface area contributed by atoms with E-state index in [9.17, 15) is 13.6 Å². The number of amides is 1. The van der Waals surface area contributed by atoms with Crippen LogP contribution in [0.1, 0.15) is 36.6 Å². The second kappa shape index (κ2) is 5.81. The van der Waals surface area contributed by atoms with Crippen LogP contribution in [-0.2, 0) is 11.3 Å². The van der Waals surface area contributed by atoms with Gasteiger partial charge in [-0.3, -0.25) is 9.48 Å². The van der Waals surface area contributed by atoms with Crippen molar-refractivity contribution in [3.8, 4) is 0 Å². The lowest BCUT2D eigenvalue weighted by Crippen LogP contribution is -2.28. The standard InChI is InChI=1S/C12H14BrF2N3O/c1-2-5-16-8(19)6-18-11(7-3-4-7)9(13)10(17-18)12(14)15/h2,7,12H,1,3-6H2,(H,16,19). The second-order valence-electron chi connectivity index (χ2n) is 4.41. The molecule has 4 nitrogen and oxygen atoms in total. The average Bonchev–Trinajstić information content (AvgIpc) is 3.12. The van der Waals surface area contributed by atoms with Crippen molar-refractivity contribution in [2.75, 3.05) is 6.54 Å². The van der Waals surface area contributed by atoms with Crippen LogP contribution in [0.2, 0.25) is 0 Å². The van der Waals surface area contributed by atoms with E-state index < -0.39 is 6.43 Å². The Morgan fingerprint density at radius 1 is 1.63 bits per heavy atom. The highest BCUT2D eigenvalue weighted by Gasteiger charge is 2.33. The van der Waals surface area contributed by atoms with Crippen LogP contribution in [0.3, 0.4) is 0 Å². The van der Waals surface area contributed by atoms with Gasteiger partial charge in [-0.2, -0.15) is 5.10 Å². The van der Waals surface area contributed by atoms with Gasteiger partial charge in [0, 0.05) is 12.5 Å². The first-order valence-corrected chi connectivity index (χ1v) is 6.75. The fourth-order valence-corrected chi connectivity index (χ4v) is 2.64. The molecule has 0 atom stereocenters. The molecule has 0 spiro atoms. The van der Waals surface area contributed by atoms with E-state index in [1.165, 1.54) is 4.68 Å². The van der Waals surface area contributed by atoms with Crippen LogP contribution >= 0.6 is 15.9 Å². The molecule has 1 aromatic heterocycles.